The molecule has 146 valence electrons. The monoisotopic (exact) mass is 523 g/mol. The number of nitrogens with zero attached hydrogens (tertiary/aromatic N) is 1. The van der Waals surface area contributed by atoms with Crippen LogP contribution in [0.1, 0.15) is 18.5 Å². The van der Waals surface area contributed by atoms with Gasteiger partial charge in [-0.25, -0.2) is 0 Å². The Hall–Kier alpha value is -1.70. The molecule has 0 aromatic heterocycles. The van der Waals surface area contributed by atoms with Crippen LogP contribution in [0.25, 0.3) is 0 Å². The van der Waals surface area contributed by atoms with Gasteiger partial charge in [-0.1, -0.05) is 53.7 Å². The van der Waals surface area contributed by atoms with Crippen molar-refractivity contribution in [3.05, 3.63) is 89.4 Å². The topological polar surface area (TPSA) is 33.6 Å². The number of aliphatic imine (C=N–C) groups is 1. The molecular formula is C22H21ClIN2OS-. The quantitative estimate of drug-likeness (QED) is 0.312. The van der Waals surface area contributed by atoms with Gasteiger partial charge in [-0.2, -0.15) is 0 Å². The van der Waals surface area contributed by atoms with Crippen molar-refractivity contribution in [2.75, 3.05) is 11.6 Å². The standard InChI is InChI=1S/C22H21ClN2OS.HI/c1-16(17-6-4-3-5-7-17)24-22(27-2)25-19-10-14-21(15-11-19)26-20-12-8-18(23)9-13-20;/h3-16H,1-2H3,(H,24,25);1H/p-1. The van der Waals surface area contributed by atoms with Gasteiger partial charge >= 0.3 is 0 Å². The van der Waals surface area contributed by atoms with Crippen LogP contribution in [-0.4, -0.2) is 11.4 Å². The molecule has 0 fully saturated rings. The first-order valence-electron chi connectivity index (χ1n) is 8.61. The van der Waals surface area contributed by atoms with Crippen molar-refractivity contribution in [1.29, 1.82) is 0 Å². The average Bonchev–Trinajstić information content (AvgIpc) is 2.71. The lowest BCUT2D eigenvalue weighted by Gasteiger charge is -2.12. The molecule has 1 N–H and O–H groups in total. The largest absolute Gasteiger partial charge is 1.00 e. The minimum absolute atomic E-state index is 0. The highest BCUT2D eigenvalue weighted by Crippen LogP contribution is 2.25. The molecule has 0 heterocycles. The van der Waals surface area contributed by atoms with Gasteiger partial charge in [0, 0.05) is 10.7 Å². The maximum atomic E-state index is 5.90. The highest BCUT2D eigenvalue weighted by molar-refractivity contribution is 8.13. The summed E-state index contributed by atoms with van der Waals surface area (Å²) >= 11 is 7.49. The Bertz CT molecular complexity index is 887. The Kier molecular flexibility index (Phi) is 9.15. The van der Waals surface area contributed by atoms with Crippen LogP contribution in [-0.2, 0) is 0 Å². The van der Waals surface area contributed by atoms with E-state index < -0.39 is 0 Å². The summed E-state index contributed by atoms with van der Waals surface area (Å²) in [5.74, 6) is 1.52. The summed E-state index contributed by atoms with van der Waals surface area (Å²) < 4.78 is 5.82. The maximum Gasteiger partial charge on any atom is 0.161 e. The van der Waals surface area contributed by atoms with Crippen molar-refractivity contribution in [1.82, 2.24) is 0 Å². The van der Waals surface area contributed by atoms with E-state index in [9.17, 15) is 0 Å². The highest BCUT2D eigenvalue weighted by atomic mass is 127. The Morgan fingerprint density at radius 1 is 0.929 bits per heavy atom. The lowest BCUT2D eigenvalue weighted by atomic mass is 10.1. The van der Waals surface area contributed by atoms with Crippen LogP contribution < -0.4 is 34.0 Å². The molecule has 0 aliphatic rings. The van der Waals surface area contributed by atoms with E-state index >= 15 is 0 Å². The van der Waals surface area contributed by atoms with Crippen molar-refractivity contribution >= 4 is 34.2 Å². The smallest absolute Gasteiger partial charge is 0.161 e. The van der Waals surface area contributed by atoms with E-state index in [0.29, 0.717) is 5.02 Å². The van der Waals surface area contributed by atoms with Gasteiger partial charge in [0.1, 0.15) is 11.5 Å². The van der Waals surface area contributed by atoms with Crippen LogP contribution in [0.3, 0.4) is 0 Å². The van der Waals surface area contributed by atoms with Gasteiger partial charge in [-0.15, -0.1) is 0 Å². The molecule has 3 nitrogen and oxygen atoms in total. The number of halogens is 2. The molecule has 0 radical (unpaired) electrons. The number of anilines is 1. The van der Waals surface area contributed by atoms with E-state index in [1.54, 1.807) is 11.8 Å². The van der Waals surface area contributed by atoms with Crippen molar-refractivity contribution in [3.8, 4) is 11.5 Å². The van der Waals surface area contributed by atoms with Crippen LogP contribution >= 0.6 is 23.4 Å². The highest BCUT2D eigenvalue weighted by Gasteiger charge is 2.06. The van der Waals surface area contributed by atoms with E-state index in [-0.39, 0.29) is 30.0 Å². The molecule has 3 aromatic rings. The fraction of sp³-hybridized carbons (Fsp3) is 0.136. The van der Waals surface area contributed by atoms with E-state index in [1.165, 1.54) is 5.56 Å². The van der Waals surface area contributed by atoms with Crippen LogP contribution in [0.15, 0.2) is 83.9 Å². The van der Waals surface area contributed by atoms with Crippen molar-refractivity contribution in [2.45, 2.75) is 13.0 Å². The molecule has 0 saturated carbocycles. The average molecular weight is 524 g/mol. The number of thioether (sulfide) groups is 1. The van der Waals surface area contributed by atoms with Crippen LogP contribution in [0, 0.1) is 0 Å². The lowest BCUT2D eigenvalue weighted by Crippen LogP contribution is -3.00. The van der Waals surface area contributed by atoms with Gasteiger partial charge in [0.15, 0.2) is 5.17 Å². The van der Waals surface area contributed by atoms with Crippen molar-refractivity contribution in [3.63, 3.8) is 0 Å². The maximum absolute atomic E-state index is 5.90. The second kappa shape index (κ2) is 11.3. The normalized spacial score (nSPS) is 12.0. The first-order chi connectivity index (χ1) is 13.1. The Balaban J connectivity index is 0.00000280. The van der Waals surface area contributed by atoms with E-state index in [1.807, 2.05) is 73.0 Å². The molecule has 3 aromatic carbocycles. The SMILES string of the molecule is CSC(=NC(C)c1ccccc1)Nc1ccc(Oc2ccc(Cl)cc2)cc1.[I-]. The predicted molar refractivity (Wildman–Crippen MR) is 117 cm³/mol. The zero-order chi connectivity index (χ0) is 19.1. The van der Waals surface area contributed by atoms with E-state index in [2.05, 4.69) is 24.4 Å². The number of hydrogen-bond acceptors (Lipinski definition) is 3. The fourth-order valence-corrected chi connectivity index (χ4v) is 3.10. The summed E-state index contributed by atoms with van der Waals surface area (Å²) in [5, 5.41) is 4.93. The zero-order valence-electron chi connectivity index (χ0n) is 15.6. The molecule has 3 rings (SSSR count). The number of ether oxygens (including phenoxy) is 1. The van der Waals surface area contributed by atoms with Gasteiger partial charge in [0.05, 0.1) is 6.04 Å². The van der Waals surface area contributed by atoms with Crippen LogP contribution in [0.5, 0.6) is 11.5 Å². The third-order valence-corrected chi connectivity index (χ3v) is 4.79. The van der Waals surface area contributed by atoms with Crippen LogP contribution in [0.2, 0.25) is 5.02 Å². The Morgan fingerprint density at radius 3 is 2.07 bits per heavy atom. The molecule has 0 aliphatic heterocycles. The van der Waals surface area contributed by atoms with E-state index in [0.717, 1.165) is 22.4 Å². The van der Waals surface area contributed by atoms with Gasteiger partial charge in [-0.05, 0) is 67.3 Å². The van der Waals surface area contributed by atoms with Crippen molar-refractivity contribution in [2.24, 2.45) is 4.99 Å². The molecule has 0 aliphatic carbocycles. The summed E-state index contributed by atoms with van der Waals surface area (Å²) in [6.45, 7) is 2.09. The minimum Gasteiger partial charge on any atom is -1.00 e. The molecule has 0 spiro atoms. The summed E-state index contributed by atoms with van der Waals surface area (Å²) in [6, 6.07) is 25.5. The van der Waals surface area contributed by atoms with Gasteiger partial charge in [-0.3, -0.25) is 4.99 Å². The van der Waals surface area contributed by atoms with Gasteiger partial charge in [0.2, 0.25) is 0 Å². The molecule has 0 saturated heterocycles. The molecular weight excluding hydrogens is 503 g/mol. The number of benzene rings is 3. The molecule has 0 bridgehead atoms. The second-order valence-electron chi connectivity index (χ2n) is 5.93. The third-order valence-electron chi connectivity index (χ3n) is 3.94. The molecule has 28 heavy (non-hydrogen) atoms. The first kappa shape index (κ1) is 22.6. The number of hydrogen-bond donors (Lipinski definition) is 1. The summed E-state index contributed by atoms with van der Waals surface area (Å²) in [7, 11) is 0. The molecule has 0 amide bonds. The van der Waals surface area contributed by atoms with Crippen molar-refractivity contribution < 1.29 is 28.7 Å². The zero-order valence-corrected chi connectivity index (χ0v) is 19.3. The second-order valence-corrected chi connectivity index (χ2v) is 7.16. The Morgan fingerprint density at radius 2 is 1.50 bits per heavy atom. The molecule has 1 atom stereocenters. The summed E-state index contributed by atoms with van der Waals surface area (Å²) in [5.41, 5.74) is 2.16. The number of nitrogens with one attached hydrogen (secondary N) is 1. The third kappa shape index (κ3) is 6.72. The molecule has 1 unspecified atom stereocenters. The van der Waals surface area contributed by atoms with Crippen LogP contribution in [0.4, 0.5) is 5.69 Å². The number of rotatable bonds is 5. The molecule has 6 heteroatoms. The lowest BCUT2D eigenvalue weighted by molar-refractivity contribution is -0.00000585. The Labute approximate surface area is 192 Å². The summed E-state index contributed by atoms with van der Waals surface area (Å²) in [4.78, 5) is 4.78. The fourth-order valence-electron chi connectivity index (χ4n) is 2.49. The predicted octanol–water partition coefficient (Wildman–Crippen LogP) is 4.03. The van der Waals surface area contributed by atoms with Gasteiger partial charge < -0.3 is 34.0 Å². The number of amidine groups is 1. The van der Waals surface area contributed by atoms with E-state index in [4.69, 9.17) is 21.3 Å². The minimum atomic E-state index is 0. The summed E-state index contributed by atoms with van der Waals surface area (Å²) in [6.07, 6.45) is 2.02. The van der Waals surface area contributed by atoms with Gasteiger partial charge in [0.25, 0.3) is 0 Å². The first-order valence-corrected chi connectivity index (χ1v) is 10.2.